The Morgan fingerprint density at radius 1 is 1.28 bits per heavy atom. The minimum Gasteiger partial charge on any atom is -0.373 e. The number of H-pyrrole nitrogens is 1. The third-order valence-corrected chi connectivity index (χ3v) is 4.94. The number of ether oxygens (including phenoxy) is 1. The quantitative estimate of drug-likeness (QED) is 0.774. The first-order valence-corrected chi connectivity index (χ1v) is 8.49. The lowest BCUT2D eigenvalue weighted by molar-refractivity contribution is 0.00505. The van der Waals surface area contributed by atoms with Crippen LogP contribution >= 0.6 is 0 Å². The average Bonchev–Trinajstić information content (AvgIpc) is 3.03. The molecule has 3 aromatic heterocycles. The van der Waals surface area contributed by atoms with Gasteiger partial charge in [-0.2, -0.15) is 5.10 Å². The highest BCUT2D eigenvalue weighted by molar-refractivity contribution is 5.70. The predicted octanol–water partition coefficient (Wildman–Crippen LogP) is 2.30. The molecule has 1 aliphatic rings. The largest absolute Gasteiger partial charge is 0.373 e. The van der Waals surface area contributed by atoms with Crippen LogP contribution in [0.2, 0.25) is 0 Å². The fourth-order valence-electron chi connectivity index (χ4n) is 3.43. The lowest BCUT2D eigenvalue weighted by Crippen LogP contribution is -2.24. The van der Waals surface area contributed by atoms with Crippen LogP contribution in [0.4, 0.5) is 0 Å². The van der Waals surface area contributed by atoms with Gasteiger partial charge in [-0.25, -0.2) is 9.97 Å². The average molecular weight is 339 g/mol. The van der Waals surface area contributed by atoms with E-state index in [9.17, 15) is 4.79 Å². The maximum atomic E-state index is 12.6. The van der Waals surface area contributed by atoms with Crippen LogP contribution in [0.1, 0.15) is 47.4 Å². The number of fused-ring (bicyclic) bond motifs is 1. The molecule has 0 spiro atoms. The second-order valence-electron chi connectivity index (χ2n) is 6.71. The molecule has 7 heteroatoms. The van der Waals surface area contributed by atoms with Crippen LogP contribution in [0.25, 0.3) is 11.2 Å². The van der Waals surface area contributed by atoms with E-state index in [1.54, 1.807) is 4.68 Å². The second kappa shape index (κ2) is 6.07. The predicted molar refractivity (Wildman–Crippen MR) is 93.5 cm³/mol. The highest BCUT2D eigenvalue weighted by Crippen LogP contribution is 2.36. The van der Waals surface area contributed by atoms with Crippen LogP contribution in [0.3, 0.4) is 0 Å². The lowest BCUT2D eigenvalue weighted by Gasteiger charge is -2.28. The zero-order chi connectivity index (χ0) is 17.6. The molecular weight excluding hydrogens is 318 g/mol. The normalized spacial score (nSPS) is 20.9. The van der Waals surface area contributed by atoms with Crippen molar-refractivity contribution >= 4 is 11.2 Å². The molecule has 0 bridgehead atoms. The van der Waals surface area contributed by atoms with Crippen LogP contribution in [-0.2, 0) is 11.8 Å². The smallest absolute Gasteiger partial charge is 0.253 e. The number of aryl methyl sites for hydroxylation is 3. The van der Waals surface area contributed by atoms with Crippen LogP contribution < -0.4 is 5.56 Å². The molecule has 0 aromatic carbocycles. The topological polar surface area (TPSA) is 85.7 Å². The Bertz CT molecular complexity index is 991. The number of rotatable bonds is 2. The lowest BCUT2D eigenvalue weighted by atomic mass is 9.87. The summed E-state index contributed by atoms with van der Waals surface area (Å²) in [5, 5.41) is 4.22. The summed E-state index contributed by atoms with van der Waals surface area (Å²) in [4.78, 5) is 24.5. The molecule has 130 valence electrons. The van der Waals surface area contributed by atoms with Crippen molar-refractivity contribution in [2.24, 2.45) is 7.05 Å². The molecule has 0 saturated carbocycles. The van der Waals surface area contributed by atoms with E-state index in [-0.39, 0.29) is 17.6 Å². The summed E-state index contributed by atoms with van der Waals surface area (Å²) >= 11 is 0. The van der Waals surface area contributed by atoms with Crippen molar-refractivity contribution in [3.05, 3.63) is 51.3 Å². The SMILES string of the molecule is Cc1nc2cc([C@H]3CCO[C@@H](c4cnn(C)c4)C3)c(=O)[nH]c2nc1C. The Labute approximate surface area is 145 Å². The molecule has 0 radical (unpaired) electrons. The fraction of sp³-hybridized carbons (Fsp3) is 0.444. The molecule has 0 amide bonds. The highest BCUT2D eigenvalue weighted by Gasteiger charge is 2.28. The molecule has 1 saturated heterocycles. The Morgan fingerprint density at radius 2 is 2.08 bits per heavy atom. The van der Waals surface area contributed by atoms with Gasteiger partial charge in [-0.15, -0.1) is 0 Å². The summed E-state index contributed by atoms with van der Waals surface area (Å²) in [5.41, 5.74) is 4.74. The van der Waals surface area contributed by atoms with Gasteiger partial charge in [-0.3, -0.25) is 9.48 Å². The van der Waals surface area contributed by atoms with Gasteiger partial charge in [0.25, 0.3) is 5.56 Å². The Kier molecular flexibility index (Phi) is 3.88. The summed E-state index contributed by atoms with van der Waals surface area (Å²) in [7, 11) is 1.89. The molecule has 4 rings (SSSR count). The molecule has 3 aromatic rings. The first-order chi connectivity index (χ1) is 12.0. The molecule has 0 aliphatic carbocycles. The van der Waals surface area contributed by atoms with Gasteiger partial charge in [0.15, 0.2) is 5.65 Å². The van der Waals surface area contributed by atoms with E-state index in [0.29, 0.717) is 12.3 Å². The molecule has 2 atom stereocenters. The highest BCUT2D eigenvalue weighted by atomic mass is 16.5. The van der Waals surface area contributed by atoms with Gasteiger partial charge in [-0.05, 0) is 38.7 Å². The number of hydrogen-bond acceptors (Lipinski definition) is 5. The van der Waals surface area contributed by atoms with Crippen molar-refractivity contribution in [2.75, 3.05) is 6.61 Å². The van der Waals surface area contributed by atoms with Crippen LogP contribution in [-0.4, -0.2) is 31.3 Å². The number of nitrogens with zero attached hydrogens (tertiary/aromatic N) is 4. The maximum Gasteiger partial charge on any atom is 0.253 e. The summed E-state index contributed by atoms with van der Waals surface area (Å²) in [6, 6.07) is 1.89. The third-order valence-electron chi connectivity index (χ3n) is 4.94. The van der Waals surface area contributed by atoms with E-state index < -0.39 is 0 Å². The number of aromatic amines is 1. The summed E-state index contributed by atoms with van der Waals surface area (Å²) < 4.78 is 7.67. The summed E-state index contributed by atoms with van der Waals surface area (Å²) in [6.07, 6.45) is 5.35. The Hall–Kier alpha value is -2.54. The van der Waals surface area contributed by atoms with Crippen molar-refractivity contribution in [3.63, 3.8) is 0 Å². The standard InChI is InChI=1S/C18H21N5O2/c1-10-11(2)21-17-15(20-10)7-14(18(24)22-17)12-4-5-25-16(6-12)13-8-19-23(3)9-13/h7-9,12,16H,4-6H2,1-3H3,(H,21,22,24)/t12-,16+/m0/s1. The van der Waals surface area contributed by atoms with E-state index in [2.05, 4.69) is 20.1 Å². The van der Waals surface area contributed by atoms with Crippen molar-refractivity contribution in [2.45, 2.75) is 38.7 Å². The van der Waals surface area contributed by atoms with E-state index in [1.165, 1.54) is 0 Å². The first kappa shape index (κ1) is 16.0. The fourth-order valence-corrected chi connectivity index (χ4v) is 3.43. The van der Waals surface area contributed by atoms with Crippen LogP contribution in [0.15, 0.2) is 23.3 Å². The van der Waals surface area contributed by atoms with Crippen LogP contribution in [0.5, 0.6) is 0 Å². The number of pyridine rings is 1. The molecule has 1 aliphatic heterocycles. The second-order valence-corrected chi connectivity index (χ2v) is 6.71. The number of nitrogens with one attached hydrogen (secondary N) is 1. The number of aromatic nitrogens is 5. The van der Waals surface area contributed by atoms with Gasteiger partial charge < -0.3 is 9.72 Å². The molecule has 0 unspecified atom stereocenters. The van der Waals surface area contributed by atoms with E-state index in [4.69, 9.17) is 4.74 Å². The Morgan fingerprint density at radius 3 is 2.84 bits per heavy atom. The Balaban J connectivity index is 1.69. The molecule has 25 heavy (non-hydrogen) atoms. The first-order valence-electron chi connectivity index (χ1n) is 8.49. The van der Waals surface area contributed by atoms with E-state index in [0.717, 1.165) is 40.9 Å². The monoisotopic (exact) mass is 339 g/mol. The van der Waals surface area contributed by atoms with E-state index >= 15 is 0 Å². The van der Waals surface area contributed by atoms with Crippen molar-refractivity contribution < 1.29 is 4.74 Å². The molecule has 7 nitrogen and oxygen atoms in total. The van der Waals surface area contributed by atoms with Crippen molar-refractivity contribution in [3.8, 4) is 0 Å². The van der Waals surface area contributed by atoms with E-state index in [1.807, 2.05) is 39.4 Å². The van der Waals surface area contributed by atoms with Gasteiger partial charge in [0.1, 0.15) is 5.52 Å². The molecule has 1 fully saturated rings. The zero-order valence-electron chi connectivity index (χ0n) is 14.6. The minimum absolute atomic E-state index is 0.0339. The van der Waals surface area contributed by atoms with Gasteiger partial charge in [0.05, 0.1) is 23.7 Å². The van der Waals surface area contributed by atoms with Crippen molar-refractivity contribution in [1.82, 2.24) is 24.7 Å². The van der Waals surface area contributed by atoms with Gasteiger partial charge >= 0.3 is 0 Å². The molecule has 1 N–H and O–H groups in total. The van der Waals surface area contributed by atoms with Gasteiger partial charge in [-0.1, -0.05) is 0 Å². The molecular formula is C18H21N5O2. The number of hydrogen-bond donors (Lipinski definition) is 1. The maximum absolute atomic E-state index is 12.6. The minimum atomic E-state index is -0.0816. The zero-order valence-corrected chi connectivity index (χ0v) is 14.6. The third kappa shape index (κ3) is 2.95. The summed E-state index contributed by atoms with van der Waals surface area (Å²) in [6.45, 7) is 4.45. The molecule has 4 heterocycles. The van der Waals surface area contributed by atoms with Gasteiger partial charge in [0.2, 0.25) is 0 Å². The van der Waals surface area contributed by atoms with Crippen molar-refractivity contribution in [1.29, 1.82) is 0 Å². The summed E-state index contributed by atoms with van der Waals surface area (Å²) in [5.74, 6) is 0.135. The van der Waals surface area contributed by atoms with Crippen LogP contribution in [0, 0.1) is 13.8 Å². The van der Waals surface area contributed by atoms with Gasteiger partial charge in [0, 0.05) is 31.0 Å².